The molecule has 6 atom stereocenters. The minimum Gasteiger partial charge on any atom is -0.458 e. The number of carbonyl (C=O) groups is 7. The molecular formula is C51H73N7O9S2. The Bertz CT molecular complexity index is 2050. The third kappa shape index (κ3) is 19.5. The van der Waals surface area contributed by atoms with E-state index < -0.39 is 94.3 Å². The summed E-state index contributed by atoms with van der Waals surface area (Å²) in [6.45, 7) is 18.1. The molecular weight excluding hydrogens is 919 g/mol. The van der Waals surface area contributed by atoms with Gasteiger partial charge >= 0.3 is 5.97 Å². The third-order valence-corrected chi connectivity index (χ3v) is 12.7. The molecule has 3 aromatic carbocycles. The van der Waals surface area contributed by atoms with Gasteiger partial charge in [0.1, 0.15) is 29.8 Å². The highest BCUT2D eigenvalue weighted by Crippen LogP contribution is 2.48. The van der Waals surface area contributed by atoms with E-state index in [9.17, 15) is 33.6 Å². The lowest BCUT2D eigenvalue weighted by molar-refractivity contribution is -0.159. The summed E-state index contributed by atoms with van der Waals surface area (Å²) >= 11 is 2.59. The Morgan fingerprint density at radius 3 is 1.52 bits per heavy atom. The lowest BCUT2D eigenvalue weighted by Crippen LogP contribution is -2.60. The van der Waals surface area contributed by atoms with Crippen molar-refractivity contribution in [3.63, 3.8) is 0 Å². The van der Waals surface area contributed by atoms with Crippen LogP contribution in [-0.4, -0.2) is 113 Å². The SMILES string of the molecule is CC(=O)NCSC[C@H](NC(=O)CNC(=O)[C@@H](NC(=O)[C@H](CSC(c1ccccc1)(c1ccccc1)c1ccccc1)NC(=O)[C@H](C)N)[C@@H](C)OC(C)(C)C)C(=O)N[C@@H](CC(C)C)C(=O)OC(C)(C)C. The molecule has 0 bridgehead atoms. The van der Waals surface area contributed by atoms with Gasteiger partial charge in [-0.05, 0) is 84.4 Å². The van der Waals surface area contributed by atoms with E-state index in [1.807, 2.05) is 105 Å². The van der Waals surface area contributed by atoms with Gasteiger partial charge in [0, 0.05) is 18.4 Å². The average Bonchev–Trinajstić information content (AvgIpc) is 3.27. The predicted molar refractivity (Wildman–Crippen MR) is 273 cm³/mol. The first kappa shape index (κ1) is 57.9. The Kier molecular flexibility index (Phi) is 22.7. The first-order chi connectivity index (χ1) is 32.3. The number of carbonyl (C=O) groups excluding carboxylic acids is 7. The van der Waals surface area contributed by atoms with E-state index in [1.54, 1.807) is 48.5 Å². The molecule has 0 spiro atoms. The predicted octanol–water partition coefficient (Wildman–Crippen LogP) is 4.53. The van der Waals surface area contributed by atoms with Crippen LogP contribution in [0.4, 0.5) is 0 Å². The van der Waals surface area contributed by atoms with Crippen molar-refractivity contribution in [3.05, 3.63) is 108 Å². The minimum atomic E-state index is -1.38. The van der Waals surface area contributed by atoms with Crippen molar-refractivity contribution >= 4 is 64.9 Å². The first-order valence-corrected chi connectivity index (χ1v) is 25.2. The normalized spacial score (nSPS) is 14.4. The summed E-state index contributed by atoms with van der Waals surface area (Å²) in [5, 5.41) is 16.2. The van der Waals surface area contributed by atoms with Gasteiger partial charge in [0.2, 0.25) is 35.4 Å². The molecule has 0 saturated heterocycles. The molecule has 0 radical (unpaired) electrons. The lowest BCUT2D eigenvalue weighted by Gasteiger charge is -2.37. The van der Waals surface area contributed by atoms with E-state index in [-0.39, 0.29) is 35.6 Å². The summed E-state index contributed by atoms with van der Waals surface area (Å²) in [4.78, 5) is 94.2. The summed E-state index contributed by atoms with van der Waals surface area (Å²) in [5.74, 6) is -4.28. The van der Waals surface area contributed by atoms with Crippen LogP contribution in [0.5, 0.6) is 0 Å². The van der Waals surface area contributed by atoms with Crippen molar-refractivity contribution in [1.29, 1.82) is 0 Å². The van der Waals surface area contributed by atoms with Crippen LogP contribution in [0.2, 0.25) is 0 Å². The molecule has 69 heavy (non-hydrogen) atoms. The van der Waals surface area contributed by atoms with Crippen molar-refractivity contribution in [1.82, 2.24) is 31.9 Å². The number of nitrogens with one attached hydrogen (secondary N) is 6. The average molecular weight is 992 g/mol. The zero-order valence-electron chi connectivity index (χ0n) is 41.8. The number of benzene rings is 3. The van der Waals surface area contributed by atoms with Gasteiger partial charge in [0.25, 0.3) is 0 Å². The molecule has 0 aromatic heterocycles. The van der Waals surface area contributed by atoms with E-state index in [4.69, 9.17) is 15.2 Å². The van der Waals surface area contributed by atoms with Gasteiger partial charge in [-0.3, -0.25) is 28.8 Å². The van der Waals surface area contributed by atoms with Crippen molar-refractivity contribution < 1.29 is 43.0 Å². The van der Waals surface area contributed by atoms with E-state index >= 15 is 0 Å². The molecule has 3 aromatic rings. The maximum absolute atomic E-state index is 14.6. The van der Waals surface area contributed by atoms with E-state index in [0.717, 1.165) is 28.5 Å². The summed E-state index contributed by atoms with van der Waals surface area (Å²) in [6.07, 6.45) is -0.693. The minimum absolute atomic E-state index is 0.000692. The molecule has 6 amide bonds. The molecule has 0 saturated carbocycles. The van der Waals surface area contributed by atoms with Gasteiger partial charge in [-0.1, -0.05) is 105 Å². The molecule has 0 heterocycles. The molecule has 0 aliphatic rings. The van der Waals surface area contributed by atoms with Gasteiger partial charge in [-0.2, -0.15) is 0 Å². The number of amides is 6. The largest absolute Gasteiger partial charge is 0.458 e. The molecule has 0 fully saturated rings. The topological polar surface area (TPSA) is 236 Å². The molecule has 0 unspecified atom stereocenters. The number of hydrogen-bond donors (Lipinski definition) is 7. The number of rotatable bonds is 25. The molecule has 3 rings (SSSR count). The van der Waals surface area contributed by atoms with Crippen molar-refractivity contribution in [2.45, 2.75) is 135 Å². The van der Waals surface area contributed by atoms with Crippen LogP contribution in [0.1, 0.15) is 99.3 Å². The number of hydrogen-bond acceptors (Lipinski definition) is 12. The second-order valence-electron chi connectivity index (χ2n) is 19.2. The van der Waals surface area contributed by atoms with Crippen LogP contribution >= 0.6 is 23.5 Å². The molecule has 18 heteroatoms. The van der Waals surface area contributed by atoms with E-state index in [1.165, 1.54) is 25.6 Å². The van der Waals surface area contributed by atoms with Crippen molar-refractivity contribution in [3.8, 4) is 0 Å². The fourth-order valence-corrected chi connectivity index (χ4v) is 9.56. The highest BCUT2D eigenvalue weighted by atomic mass is 32.2. The van der Waals surface area contributed by atoms with Crippen LogP contribution in [0.15, 0.2) is 91.0 Å². The van der Waals surface area contributed by atoms with Gasteiger partial charge in [-0.15, -0.1) is 23.5 Å². The Balaban J connectivity index is 1.94. The summed E-state index contributed by atoms with van der Waals surface area (Å²) in [7, 11) is 0. The monoisotopic (exact) mass is 991 g/mol. The Morgan fingerprint density at radius 1 is 0.594 bits per heavy atom. The number of esters is 1. The fraction of sp³-hybridized carbons (Fsp3) is 0.510. The lowest BCUT2D eigenvalue weighted by atomic mass is 9.84. The molecule has 16 nitrogen and oxygen atoms in total. The van der Waals surface area contributed by atoms with Crippen molar-refractivity contribution in [2.75, 3.05) is 23.9 Å². The Labute approximate surface area is 416 Å². The van der Waals surface area contributed by atoms with Gasteiger partial charge in [-0.25, -0.2) is 4.79 Å². The van der Waals surface area contributed by atoms with Gasteiger partial charge in [0.15, 0.2) is 0 Å². The quantitative estimate of drug-likeness (QED) is 0.0269. The molecule has 378 valence electrons. The second-order valence-corrected chi connectivity index (χ2v) is 21.4. The Morgan fingerprint density at radius 2 is 1.07 bits per heavy atom. The first-order valence-electron chi connectivity index (χ1n) is 23.1. The van der Waals surface area contributed by atoms with Crippen LogP contribution in [0, 0.1) is 5.92 Å². The summed E-state index contributed by atoms with van der Waals surface area (Å²) in [5.41, 5.74) is 7.20. The smallest absolute Gasteiger partial charge is 0.329 e. The van der Waals surface area contributed by atoms with Gasteiger partial charge < -0.3 is 47.1 Å². The van der Waals surface area contributed by atoms with E-state index in [2.05, 4.69) is 31.9 Å². The maximum atomic E-state index is 14.6. The van der Waals surface area contributed by atoms with Crippen LogP contribution in [0.25, 0.3) is 0 Å². The zero-order valence-corrected chi connectivity index (χ0v) is 43.4. The van der Waals surface area contributed by atoms with Gasteiger partial charge in [0.05, 0.1) is 34.9 Å². The zero-order chi connectivity index (χ0) is 51.5. The molecule has 8 N–H and O–H groups in total. The maximum Gasteiger partial charge on any atom is 0.329 e. The van der Waals surface area contributed by atoms with E-state index in [0.29, 0.717) is 0 Å². The third-order valence-electron chi connectivity index (χ3n) is 10.1. The van der Waals surface area contributed by atoms with Crippen LogP contribution < -0.4 is 37.6 Å². The highest BCUT2D eigenvalue weighted by molar-refractivity contribution is 8.00. The standard InChI is InChI=1S/C51H73N7O9S2/c1-32(2)27-39(48(65)67-50(9,10)11)56-45(62)40(29-68-31-54-35(5)59)55-42(60)28-53-47(64)43(34(4)66-49(6,7)8)58-46(63)41(57-44(61)33(3)52)30-69-51(36-21-15-12-16-22-36,37-23-17-13-18-24-37)38-25-19-14-20-26-38/h12-26,32-34,39-41,43H,27-31,52H2,1-11H3,(H,53,64)(H,54,59)(H,55,60)(H,56,62)(H,57,61)(H,58,63)/t33-,34+,39-,40-,41-,43-/m0/s1. The number of ether oxygens (including phenoxy) is 2. The summed E-state index contributed by atoms with van der Waals surface area (Å²) < 4.78 is 10.9. The summed E-state index contributed by atoms with van der Waals surface area (Å²) in [6, 6.07) is 23.7. The molecule has 0 aliphatic heterocycles. The highest BCUT2D eigenvalue weighted by Gasteiger charge is 2.40. The fourth-order valence-electron chi connectivity index (χ4n) is 7.10. The molecule has 0 aliphatic carbocycles. The number of nitrogens with two attached hydrogens (primary N) is 1. The van der Waals surface area contributed by atoms with Crippen molar-refractivity contribution in [2.24, 2.45) is 11.7 Å². The Hall–Kier alpha value is -5.43. The van der Waals surface area contributed by atoms with Crippen LogP contribution in [0.3, 0.4) is 0 Å². The second kappa shape index (κ2) is 27.1. The van der Waals surface area contributed by atoms with Crippen LogP contribution in [-0.2, 0) is 47.8 Å². The number of thioether (sulfide) groups is 2.